The summed E-state index contributed by atoms with van der Waals surface area (Å²) >= 11 is 11.9. The maximum absolute atomic E-state index is 12.1. The molecule has 4 nitrogen and oxygen atoms in total. The molecule has 2 N–H and O–H groups in total. The molecular weight excluding hydrogens is 297 g/mol. The number of halogens is 2. The third-order valence-corrected chi connectivity index (χ3v) is 4.60. The van der Waals surface area contributed by atoms with Crippen LogP contribution in [-0.2, 0) is 4.79 Å². The van der Waals surface area contributed by atoms with E-state index < -0.39 is 0 Å². The van der Waals surface area contributed by atoms with Gasteiger partial charge in [-0.1, -0.05) is 23.2 Å². The van der Waals surface area contributed by atoms with Crippen LogP contribution < -0.4 is 10.6 Å². The highest BCUT2D eigenvalue weighted by molar-refractivity contribution is 6.35. The highest BCUT2D eigenvalue weighted by Gasteiger charge is 2.36. The van der Waals surface area contributed by atoms with Crippen molar-refractivity contribution >= 4 is 34.8 Å². The number of nitrogens with one attached hydrogen (secondary N) is 2. The van der Waals surface area contributed by atoms with Crippen LogP contribution in [0.15, 0.2) is 18.2 Å². The van der Waals surface area contributed by atoms with Gasteiger partial charge in [-0.25, -0.2) is 0 Å². The molecule has 1 aromatic carbocycles. The van der Waals surface area contributed by atoms with Crippen molar-refractivity contribution in [3.8, 4) is 0 Å². The van der Waals surface area contributed by atoms with Crippen LogP contribution in [0.1, 0.15) is 0 Å². The highest BCUT2D eigenvalue weighted by Crippen LogP contribution is 2.27. The van der Waals surface area contributed by atoms with E-state index in [2.05, 4.69) is 15.5 Å². The van der Waals surface area contributed by atoms with Crippen molar-refractivity contribution in [1.29, 1.82) is 0 Å². The highest BCUT2D eigenvalue weighted by atomic mass is 35.5. The maximum atomic E-state index is 12.1. The second-order valence-corrected chi connectivity index (χ2v) is 6.39. The van der Waals surface area contributed by atoms with Crippen molar-refractivity contribution in [2.75, 3.05) is 38.0 Å². The molecule has 6 heteroatoms. The first-order chi connectivity index (χ1) is 9.61. The van der Waals surface area contributed by atoms with Crippen LogP contribution in [0.2, 0.25) is 10.0 Å². The minimum atomic E-state index is -0.0397. The Morgan fingerprint density at radius 1 is 1.30 bits per heavy atom. The Balaban J connectivity index is 1.56. The lowest BCUT2D eigenvalue weighted by molar-refractivity contribution is -0.117. The minimum absolute atomic E-state index is 0.0397. The van der Waals surface area contributed by atoms with Gasteiger partial charge in [-0.2, -0.15) is 0 Å². The predicted octanol–water partition coefficient (Wildman–Crippen LogP) is 2.08. The van der Waals surface area contributed by atoms with Crippen molar-refractivity contribution in [2.24, 2.45) is 11.8 Å². The second-order valence-electron chi connectivity index (χ2n) is 5.54. The first-order valence-electron chi connectivity index (χ1n) is 6.80. The lowest BCUT2D eigenvalue weighted by atomic mass is 10.0. The molecule has 3 rings (SSSR count). The summed E-state index contributed by atoms with van der Waals surface area (Å²) in [6.45, 7) is 4.55. The molecule has 0 aliphatic carbocycles. The molecule has 2 aliphatic rings. The molecule has 2 saturated heterocycles. The summed E-state index contributed by atoms with van der Waals surface area (Å²) in [5.74, 6) is 1.34. The van der Waals surface area contributed by atoms with Gasteiger partial charge in [0.2, 0.25) is 5.91 Å². The Hall–Kier alpha value is -0.810. The summed E-state index contributed by atoms with van der Waals surface area (Å²) < 4.78 is 0. The van der Waals surface area contributed by atoms with Crippen LogP contribution in [0.3, 0.4) is 0 Å². The van der Waals surface area contributed by atoms with Crippen LogP contribution in [0.4, 0.5) is 5.69 Å². The summed E-state index contributed by atoms with van der Waals surface area (Å²) in [5.41, 5.74) is 0.574. The molecule has 2 fully saturated rings. The third kappa shape index (κ3) is 3.09. The van der Waals surface area contributed by atoms with E-state index in [1.807, 2.05) is 0 Å². The van der Waals surface area contributed by atoms with Gasteiger partial charge in [0.25, 0.3) is 0 Å². The van der Waals surface area contributed by atoms with E-state index in [-0.39, 0.29) is 5.91 Å². The number of fused-ring (bicyclic) bond motifs is 1. The number of hydrogen-bond donors (Lipinski definition) is 2. The number of rotatable bonds is 3. The van der Waals surface area contributed by atoms with E-state index in [0.717, 1.165) is 26.2 Å². The summed E-state index contributed by atoms with van der Waals surface area (Å²) in [4.78, 5) is 14.3. The molecule has 2 atom stereocenters. The van der Waals surface area contributed by atoms with E-state index in [1.165, 1.54) is 0 Å². The van der Waals surface area contributed by atoms with Crippen LogP contribution >= 0.6 is 23.2 Å². The number of likely N-dealkylation sites (tertiary alicyclic amines) is 1. The van der Waals surface area contributed by atoms with Crippen molar-refractivity contribution < 1.29 is 4.79 Å². The maximum Gasteiger partial charge on any atom is 0.238 e. The Bertz CT molecular complexity index is 511. The van der Waals surface area contributed by atoms with Crippen LogP contribution in [0.5, 0.6) is 0 Å². The molecule has 0 bridgehead atoms. The molecule has 0 radical (unpaired) electrons. The fourth-order valence-electron chi connectivity index (χ4n) is 3.07. The zero-order valence-electron chi connectivity index (χ0n) is 11.0. The van der Waals surface area contributed by atoms with Crippen molar-refractivity contribution in [3.63, 3.8) is 0 Å². The van der Waals surface area contributed by atoms with Crippen LogP contribution in [0.25, 0.3) is 0 Å². The summed E-state index contributed by atoms with van der Waals surface area (Å²) in [5, 5.41) is 7.29. The van der Waals surface area contributed by atoms with Gasteiger partial charge in [0.1, 0.15) is 0 Å². The van der Waals surface area contributed by atoms with Crippen LogP contribution in [0, 0.1) is 11.8 Å². The summed E-state index contributed by atoms with van der Waals surface area (Å²) in [7, 11) is 0. The number of anilines is 1. The van der Waals surface area contributed by atoms with Crippen molar-refractivity contribution in [1.82, 2.24) is 10.2 Å². The Labute approximate surface area is 128 Å². The number of carbonyl (C=O) groups is 1. The van der Waals surface area contributed by atoms with Gasteiger partial charge < -0.3 is 10.6 Å². The lowest BCUT2D eigenvalue weighted by Gasteiger charge is -2.16. The standard InChI is InChI=1S/C14H17Cl2N3O/c15-11-1-2-12(16)13(3-11)18-14(20)8-19-6-9-4-17-5-10(9)7-19/h1-3,9-10,17H,4-8H2,(H,18,20)/t9-,10+. The van der Waals surface area contributed by atoms with Gasteiger partial charge in [0, 0.05) is 18.1 Å². The second kappa shape index (κ2) is 5.90. The van der Waals surface area contributed by atoms with Gasteiger partial charge in [0.05, 0.1) is 17.3 Å². The van der Waals surface area contributed by atoms with Crippen LogP contribution in [-0.4, -0.2) is 43.5 Å². The normalized spacial score (nSPS) is 25.7. The molecule has 20 heavy (non-hydrogen) atoms. The van der Waals surface area contributed by atoms with Gasteiger partial charge in [-0.05, 0) is 43.1 Å². The molecule has 1 aromatic rings. The van der Waals surface area contributed by atoms with Gasteiger partial charge in [-0.15, -0.1) is 0 Å². The number of carbonyl (C=O) groups excluding carboxylic acids is 1. The summed E-state index contributed by atoms with van der Waals surface area (Å²) in [6, 6.07) is 5.06. The average molecular weight is 314 g/mol. The van der Waals surface area contributed by atoms with Gasteiger partial charge in [-0.3, -0.25) is 9.69 Å². The molecular formula is C14H17Cl2N3O. The molecule has 2 heterocycles. The van der Waals surface area contributed by atoms with Crippen molar-refractivity contribution in [2.45, 2.75) is 0 Å². The Morgan fingerprint density at radius 3 is 2.70 bits per heavy atom. The minimum Gasteiger partial charge on any atom is -0.324 e. The van der Waals surface area contributed by atoms with Gasteiger partial charge in [0.15, 0.2) is 0 Å². The summed E-state index contributed by atoms with van der Waals surface area (Å²) in [6.07, 6.45) is 0. The smallest absolute Gasteiger partial charge is 0.238 e. The quantitative estimate of drug-likeness (QED) is 0.898. The van der Waals surface area contributed by atoms with E-state index in [9.17, 15) is 4.79 Å². The van der Waals surface area contributed by atoms with E-state index in [1.54, 1.807) is 18.2 Å². The number of hydrogen-bond acceptors (Lipinski definition) is 3. The fourth-order valence-corrected chi connectivity index (χ4v) is 3.40. The number of benzene rings is 1. The van der Waals surface area contributed by atoms with E-state index in [0.29, 0.717) is 34.1 Å². The average Bonchev–Trinajstić information content (AvgIpc) is 2.94. The third-order valence-electron chi connectivity index (χ3n) is 4.03. The monoisotopic (exact) mass is 313 g/mol. The fraction of sp³-hybridized carbons (Fsp3) is 0.500. The number of nitrogens with zero attached hydrogens (tertiary/aromatic N) is 1. The molecule has 0 spiro atoms. The zero-order valence-corrected chi connectivity index (χ0v) is 12.5. The molecule has 2 aliphatic heterocycles. The Morgan fingerprint density at radius 2 is 2.00 bits per heavy atom. The molecule has 0 saturated carbocycles. The number of amides is 1. The Kier molecular flexibility index (Phi) is 4.17. The lowest BCUT2D eigenvalue weighted by Crippen LogP contribution is -2.33. The first kappa shape index (κ1) is 14.1. The molecule has 108 valence electrons. The molecule has 0 unspecified atom stereocenters. The largest absolute Gasteiger partial charge is 0.324 e. The van der Waals surface area contributed by atoms with E-state index in [4.69, 9.17) is 23.2 Å². The first-order valence-corrected chi connectivity index (χ1v) is 7.55. The molecule has 1 amide bonds. The van der Waals surface area contributed by atoms with Crippen molar-refractivity contribution in [3.05, 3.63) is 28.2 Å². The topological polar surface area (TPSA) is 44.4 Å². The zero-order chi connectivity index (χ0) is 14.1. The molecule has 0 aromatic heterocycles. The SMILES string of the molecule is O=C(CN1C[C@H]2CNC[C@H]2C1)Nc1cc(Cl)ccc1Cl. The van der Waals surface area contributed by atoms with E-state index >= 15 is 0 Å². The van der Waals surface area contributed by atoms with Gasteiger partial charge >= 0.3 is 0 Å². The predicted molar refractivity (Wildman–Crippen MR) is 81.4 cm³/mol.